The van der Waals surface area contributed by atoms with Gasteiger partial charge in [-0.05, 0) is 62.5 Å². The van der Waals surface area contributed by atoms with Crippen molar-refractivity contribution in [2.45, 2.75) is 45.6 Å². The SMILES string of the molecule is C#CC1=C[C@@H]2[C@H](C1)C[C@]2(CN)CC(C)(C)OC(C)=O. The molecule has 0 aromatic rings. The Kier molecular flexibility index (Phi) is 3.49. The molecule has 2 N–H and O–H groups in total. The topological polar surface area (TPSA) is 52.3 Å². The zero-order chi connectivity index (χ0) is 14.3. The molecule has 1 fully saturated rings. The zero-order valence-corrected chi connectivity index (χ0v) is 12.0. The normalized spacial score (nSPS) is 32.9. The van der Waals surface area contributed by atoms with Crippen LogP contribution in [0.3, 0.4) is 0 Å². The van der Waals surface area contributed by atoms with Crippen molar-refractivity contribution in [3.05, 3.63) is 11.6 Å². The maximum atomic E-state index is 11.2. The van der Waals surface area contributed by atoms with E-state index >= 15 is 0 Å². The summed E-state index contributed by atoms with van der Waals surface area (Å²) < 4.78 is 5.42. The molecule has 0 spiro atoms. The predicted octanol–water partition coefficient (Wildman–Crippen LogP) is 2.26. The average Bonchev–Trinajstić information content (AvgIpc) is 2.62. The second-order valence-corrected chi connectivity index (χ2v) is 6.63. The molecule has 0 amide bonds. The first kappa shape index (κ1) is 14.1. The van der Waals surface area contributed by atoms with Crippen LogP contribution in [-0.4, -0.2) is 18.1 Å². The molecule has 0 aliphatic heterocycles. The molecule has 2 aliphatic carbocycles. The number of esters is 1. The van der Waals surface area contributed by atoms with E-state index in [1.807, 2.05) is 13.8 Å². The molecule has 3 nitrogen and oxygen atoms in total. The van der Waals surface area contributed by atoms with Crippen LogP contribution in [0.1, 0.15) is 40.0 Å². The van der Waals surface area contributed by atoms with Crippen molar-refractivity contribution in [1.29, 1.82) is 0 Å². The summed E-state index contributed by atoms with van der Waals surface area (Å²) in [6.07, 6.45) is 10.6. The van der Waals surface area contributed by atoms with E-state index in [1.54, 1.807) is 0 Å². The minimum atomic E-state index is -0.469. The van der Waals surface area contributed by atoms with Crippen LogP contribution in [-0.2, 0) is 9.53 Å². The number of hydrogen-bond donors (Lipinski definition) is 1. The molecule has 0 bridgehead atoms. The summed E-state index contributed by atoms with van der Waals surface area (Å²) in [5.74, 6) is 3.62. The summed E-state index contributed by atoms with van der Waals surface area (Å²) in [5, 5.41) is 0. The number of allylic oxidation sites excluding steroid dienone is 2. The van der Waals surface area contributed by atoms with Crippen LogP contribution in [0.15, 0.2) is 11.6 Å². The van der Waals surface area contributed by atoms with E-state index in [9.17, 15) is 4.79 Å². The molecule has 1 saturated carbocycles. The van der Waals surface area contributed by atoms with E-state index in [4.69, 9.17) is 16.9 Å². The molecule has 3 heteroatoms. The van der Waals surface area contributed by atoms with E-state index in [1.165, 1.54) is 6.92 Å². The van der Waals surface area contributed by atoms with Gasteiger partial charge in [0.15, 0.2) is 0 Å². The van der Waals surface area contributed by atoms with Gasteiger partial charge in [0.25, 0.3) is 0 Å². The van der Waals surface area contributed by atoms with Crippen LogP contribution < -0.4 is 5.73 Å². The molecule has 2 aliphatic rings. The number of carbonyl (C=O) groups is 1. The second kappa shape index (κ2) is 4.68. The summed E-state index contributed by atoms with van der Waals surface area (Å²) in [4.78, 5) is 11.2. The lowest BCUT2D eigenvalue weighted by Crippen LogP contribution is -2.53. The third-order valence-electron chi connectivity index (χ3n) is 4.54. The maximum Gasteiger partial charge on any atom is 0.303 e. The van der Waals surface area contributed by atoms with Crippen molar-refractivity contribution in [3.8, 4) is 12.3 Å². The molecular formula is C16H23NO2. The summed E-state index contributed by atoms with van der Waals surface area (Å²) in [6, 6.07) is 0. The smallest absolute Gasteiger partial charge is 0.303 e. The lowest BCUT2D eigenvalue weighted by molar-refractivity contribution is -0.161. The van der Waals surface area contributed by atoms with Crippen LogP contribution >= 0.6 is 0 Å². The first-order valence-electron chi connectivity index (χ1n) is 6.89. The highest BCUT2D eigenvalue weighted by Gasteiger charge is 2.56. The number of rotatable bonds is 4. The average molecular weight is 261 g/mol. The summed E-state index contributed by atoms with van der Waals surface area (Å²) in [7, 11) is 0. The van der Waals surface area contributed by atoms with Crippen molar-refractivity contribution < 1.29 is 9.53 Å². The van der Waals surface area contributed by atoms with Gasteiger partial charge in [-0.2, -0.15) is 0 Å². The van der Waals surface area contributed by atoms with E-state index in [0.29, 0.717) is 18.4 Å². The van der Waals surface area contributed by atoms with Crippen molar-refractivity contribution in [3.63, 3.8) is 0 Å². The highest BCUT2D eigenvalue weighted by molar-refractivity contribution is 5.66. The van der Waals surface area contributed by atoms with Gasteiger partial charge >= 0.3 is 5.97 Å². The van der Waals surface area contributed by atoms with Gasteiger partial charge in [0.05, 0.1) is 0 Å². The monoisotopic (exact) mass is 261 g/mol. The third kappa shape index (κ3) is 2.55. The second-order valence-electron chi connectivity index (χ2n) is 6.63. The van der Waals surface area contributed by atoms with Gasteiger partial charge in [-0.25, -0.2) is 0 Å². The van der Waals surface area contributed by atoms with Crippen molar-refractivity contribution in [2.24, 2.45) is 23.0 Å². The summed E-state index contributed by atoms with van der Waals surface area (Å²) in [5.41, 5.74) is 6.71. The van der Waals surface area contributed by atoms with Gasteiger partial charge < -0.3 is 10.5 Å². The largest absolute Gasteiger partial charge is 0.460 e. The molecule has 2 rings (SSSR count). The van der Waals surface area contributed by atoms with Gasteiger partial charge in [0.1, 0.15) is 5.60 Å². The first-order valence-corrected chi connectivity index (χ1v) is 6.89. The Morgan fingerprint density at radius 3 is 2.89 bits per heavy atom. The Morgan fingerprint density at radius 2 is 2.37 bits per heavy atom. The Hall–Kier alpha value is -1.27. The van der Waals surface area contributed by atoms with E-state index in [2.05, 4.69) is 12.0 Å². The Morgan fingerprint density at radius 1 is 1.68 bits per heavy atom. The van der Waals surface area contributed by atoms with E-state index < -0.39 is 5.60 Å². The molecule has 0 aromatic heterocycles. The van der Waals surface area contributed by atoms with Crippen LogP contribution in [0.2, 0.25) is 0 Å². The van der Waals surface area contributed by atoms with Gasteiger partial charge in [-0.1, -0.05) is 12.0 Å². The number of ether oxygens (including phenoxy) is 1. The number of carbonyl (C=O) groups excluding carboxylic acids is 1. The first-order chi connectivity index (χ1) is 8.82. The fourth-order valence-corrected chi connectivity index (χ4v) is 4.07. The van der Waals surface area contributed by atoms with Crippen molar-refractivity contribution in [1.82, 2.24) is 0 Å². The van der Waals surface area contributed by atoms with Gasteiger partial charge in [0.2, 0.25) is 0 Å². The molecule has 104 valence electrons. The molecule has 3 atom stereocenters. The number of fused-ring (bicyclic) bond motifs is 1. The van der Waals surface area contributed by atoms with Crippen LogP contribution in [0.5, 0.6) is 0 Å². The molecule has 0 heterocycles. The van der Waals surface area contributed by atoms with Crippen molar-refractivity contribution in [2.75, 3.05) is 6.54 Å². The molecule has 0 aromatic carbocycles. The van der Waals surface area contributed by atoms with Gasteiger partial charge in [-0.15, -0.1) is 6.42 Å². The number of nitrogens with two attached hydrogens (primary N) is 1. The molecule has 0 unspecified atom stereocenters. The van der Waals surface area contributed by atoms with Crippen LogP contribution in [0.25, 0.3) is 0 Å². The third-order valence-corrected chi connectivity index (χ3v) is 4.54. The maximum absolute atomic E-state index is 11.2. The van der Waals surface area contributed by atoms with E-state index in [0.717, 1.165) is 24.8 Å². The number of hydrogen-bond acceptors (Lipinski definition) is 3. The Labute approximate surface area is 115 Å². The summed E-state index contributed by atoms with van der Waals surface area (Å²) >= 11 is 0. The summed E-state index contributed by atoms with van der Waals surface area (Å²) in [6.45, 7) is 5.99. The van der Waals surface area contributed by atoms with E-state index in [-0.39, 0.29) is 11.4 Å². The minimum Gasteiger partial charge on any atom is -0.460 e. The molecule has 0 radical (unpaired) electrons. The lowest BCUT2D eigenvalue weighted by atomic mass is 9.52. The molecule has 0 saturated heterocycles. The Balaban J connectivity index is 2.12. The van der Waals surface area contributed by atoms with Crippen molar-refractivity contribution >= 4 is 5.97 Å². The van der Waals surface area contributed by atoms with Gasteiger partial charge in [-0.3, -0.25) is 4.79 Å². The fraction of sp³-hybridized carbons (Fsp3) is 0.688. The molecular weight excluding hydrogens is 238 g/mol. The highest BCUT2D eigenvalue weighted by Crippen LogP contribution is 2.60. The Bertz CT molecular complexity index is 458. The lowest BCUT2D eigenvalue weighted by Gasteiger charge is -2.54. The van der Waals surface area contributed by atoms with Gasteiger partial charge in [0, 0.05) is 6.92 Å². The molecule has 19 heavy (non-hydrogen) atoms. The quantitative estimate of drug-likeness (QED) is 0.624. The zero-order valence-electron chi connectivity index (χ0n) is 12.0. The standard InChI is InChI=1S/C16H23NO2/c1-5-12-6-13-8-16(10-17,14(13)7-12)9-15(3,4)19-11(2)18/h1,7,13-14H,6,8-10,17H2,2-4H3/t13-,14-,16-/m1/s1. The van der Waals surface area contributed by atoms with Crippen LogP contribution in [0, 0.1) is 29.6 Å². The fourth-order valence-electron chi connectivity index (χ4n) is 4.07. The van der Waals surface area contributed by atoms with Crippen LogP contribution in [0.4, 0.5) is 0 Å². The predicted molar refractivity (Wildman–Crippen MR) is 75.1 cm³/mol. The minimum absolute atomic E-state index is 0.0439. The highest BCUT2D eigenvalue weighted by atomic mass is 16.6. The number of terminal acetylenes is 1.